The zero-order valence-corrected chi connectivity index (χ0v) is 18.6. The third-order valence-corrected chi connectivity index (χ3v) is 6.02. The molecule has 1 aromatic heterocycles. The van der Waals surface area contributed by atoms with Crippen LogP contribution in [0.5, 0.6) is 5.75 Å². The molecule has 2 heterocycles. The lowest BCUT2D eigenvalue weighted by Crippen LogP contribution is -2.45. The van der Waals surface area contributed by atoms with E-state index >= 15 is 0 Å². The van der Waals surface area contributed by atoms with E-state index in [0.29, 0.717) is 19.6 Å². The number of anilines is 1. The summed E-state index contributed by atoms with van der Waals surface area (Å²) in [6.45, 7) is 4.29. The molecule has 1 aliphatic rings. The maximum Gasteiger partial charge on any atom is 0.319 e. The van der Waals surface area contributed by atoms with Gasteiger partial charge in [-0.25, -0.2) is 4.79 Å². The molecule has 1 aliphatic heterocycles. The summed E-state index contributed by atoms with van der Waals surface area (Å²) in [6.07, 6.45) is 3.89. The second-order valence-electron chi connectivity index (χ2n) is 8.42. The minimum Gasteiger partial charge on any atom is -0.497 e. The van der Waals surface area contributed by atoms with Gasteiger partial charge in [0.15, 0.2) is 0 Å². The van der Waals surface area contributed by atoms with Crippen molar-refractivity contribution in [2.45, 2.75) is 26.3 Å². The van der Waals surface area contributed by atoms with Crippen molar-refractivity contribution >= 4 is 28.5 Å². The number of methoxy groups -OCH3 is 1. The Kier molecular flexibility index (Phi) is 6.63. The van der Waals surface area contributed by atoms with Crippen LogP contribution in [0.1, 0.15) is 18.4 Å². The Balaban J connectivity index is 1.29. The number of fused-ring (bicyclic) bond motifs is 1. The number of hydrogen-bond acceptors (Lipinski definition) is 3. The molecule has 0 bridgehead atoms. The van der Waals surface area contributed by atoms with E-state index in [-0.39, 0.29) is 17.9 Å². The summed E-state index contributed by atoms with van der Waals surface area (Å²) in [5.74, 6) is 1.16. The molecular weight excluding hydrogens is 404 g/mol. The number of urea groups is 1. The number of ether oxygens (including phenoxy) is 1. The molecule has 7 nitrogen and oxygen atoms in total. The summed E-state index contributed by atoms with van der Waals surface area (Å²) in [5, 5.41) is 6.86. The highest BCUT2D eigenvalue weighted by Crippen LogP contribution is 2.23. The number of benzene rings is 2. The van der Waals surface area contributed by atoms with E-state index in [1.807, 2.05) is 71.1 Å². The highest BCUT2D eigenvalue weighted by Gasteiger charge is 2.24. The molecule has 7 heteroatoms. The summed E-state index contributed by atoms with van der Waals surface area (Å²) < 4.78 is 7.26. The van der Waals surface area contributed by atoms with Gasteiger partial charge in [0.05, 0.1) is 7.11 Å². The summed E-state index contributed by atoms with van der Waals surface area (Å²) in [7, 11) is 1.65. The van der Waals surface area contributed by atoms with Crippen LogP contribution in [0.4, 0.5) is 10.5 Å². The fourth-order valence-corrected chi connectivity index (χ4v) is 4.20. The van der Waals surface area contributed by atoms with Crippen LogP contribution < -0.4 is 15.4 Å². The van der Waals surface area contributed by atoms with E-state index < -0.39 is 0 Å². The fraction of sp³-hybridized carbons (Fsp3) is 0.360. The number of likely N-dealkylation sites (tertiary alicyclic amines) is 1. The molecule has 3 amide bonds. The lowest BCUT2D eigenvalue weighted by atomic mass is 9.98. The standard InChI is InChI=1S/C25H30N4O3/c1-18-5-7-21(8-6-18)27-25(31)26-15-19-4-3-12-29(16-19)24(30)17-28-13-11-20-14-22(32-2)9-10-23(20)28/h5-11,13-14,19H,3-4,12,15-17H2,1-2H3,(H2,26,27,31). The smallest absolute Gasteiger partial charge is 0.319 e. The Labute approximate surface area is 188 Å². The molecule has 32 heavy (non-hydrogen) atoms. The van der Waals surface area contributed by atoms with E-state index in [2.05, 4.69) is 10.6 Å². The molecule has 0 radical (unpaired) electrons. The third-order valence-electron chi connectivity index (χ3n) is 6.02. The van der Waals surface area contributed by atoms with Gasteiger partial charge in [0.1, 0.15) is 12.3 Å². The molecule has 0 saturated carbocycles. The van der Waals surface area contributed by atoms with Crippen LogP contribution >= 0.6 is 0 Å². The number of hydrogen-bond donors (Lipinski definition) is 2. The van der Waals surface area contributed by atoms with E-state index in [9.17, 15) is 9.59 Å². The topological polar surface area (TPSA) is 75.6 Å². The monoisotopic (exact) mass is 434 g/mol. The van der Waals surface area contributed by atoms with Gasteiger partial charge in [-0.1, -0.05) is 17.7 Å². The predicted molar refractivity (Wildman–Crippen MR) is 126 cm³/mol. The van der Waals surface area contributed by atoms with Crippen LogP contribution in [0.25, 0.3) is 10.9 Å². The van der Waals surface area contributed by atoms with Gasteiger partial charge < -0.3 is 24.8 Å². The third kappa shape index (κ3) is 5.22. The number of amides is 3. The Bertz CT molecular complexity index is 1090. The van der Waals surface area contributed by atoms with Gasteiger partial charge in [0, 0.05) is 42.4 Å². The quantitative estimate of drug-likeness (QED) is 0.615. The van der Waals surface area contributed by atoms with E-state index in [1.165, 1.54) is 0 Å². The maximum atomic E-state index is 13.0. The first kappa shape index (κ1) is 21.7. The Morgan fingerprint density at radius 1 is 1.12 bits per heavy atom. The van der Waals surface area contributed by atoms with Gasteiger partial charge >= 0.3 is 6.03 Å². The van der Waals surface area contributed by atoms with Gasteiger partial charge in [-0.15, -0.1) is 0 Å². The second-order valence-corrected chi connectivity index (χ2v) is 8.42. The molecule has 0 spiro atoms. The van der Waals surface area contributed by atoms with E-state index in [4.69, 9.17) is 4.74 Å². The van der Waals surface area contributed by atoms with Gasteiger partial charge in [-0.2, -0.15) is 0 Å². The normalized spacial score (nSPS) is 16.1. The summed E-state index contributed by atoms with van der Waals surface area (Å²) >= 11 is 0. The van der Waals surface area contributed by atoms with Crippen LogP contribution in [-0.2, 0) is 11.3 Å². The Morgan fingerprint density at radius 2 is 1.94 bits per heavy atom. The van der Waals surface area contributed by atoms with Crippen LogP contribution in [-0.4, -0.2) is 48.1 Å². The van der Waals surface area contributed by atoms with Crippen molar-refractivity contribution in [1.29, 1.82) is 0 Å². The molecule has 0 aliphatic carbocycles. The zero-order valence-electron chi connectivity index (χ0n) is 18.6. The minimum atomic E-state index is -0.216. The first-order valence-electron chi connectivity index (χ1n) is 11.0. The minimum absolute atomic E-state index is 0.104. The first-order chi connectivity index (χ1) is 15.5. The average molecular weight is 435 g/mol. The number of carbonyl (C=O) groups is 2. The fourth-order valence-electron chi connectivity index (χ4n) is 4.20. The second kappa shape index (κ2) is 9.77. The maximum absolute atomic E-state index is 13.0. The van der Waals surface area contributed by atoms with Crippen LogP contribution in [0.3, 0.4) is 0 Å². The van der Waals surface area contributed by atoms with Gasteiger partial charge in [0.2, 0.25) is 5.91 Å². The number of carbonyl (C=O) groups excluding carboxylic acids is 2. The number of rotatable bonds is 6. The van der Waals surface area contributed by atoms with Crippen molar-refractivity contribution in [1.82, 2.24) is 14.8 Å². The van der Waals surface area contributed by atoms with Crippen molar-refractivity contribution in [3.63, 3.8) is 0 Å². The average Bonchev–Trinajstić information content (AvgIpc) is 3.21. The van der Waals surface area contributed by atoms with E-state index in [0.717, 1.165) is 47.3 Å². The Morgan fingerprint density at radius 3 is 2.72 bits per heavy atom. The summed E-state index contributed by atoms with van der Waals surface area (Å²) in [5.41, 5.74) is 2.93. The Hall–Kier alpha value is -3.48. The van der Waals surface area contributed by atoms with Gasteiger partial charge in [-0.05, 0) is 62.1 Å². The van der Waals surface area contributed by atoms with Gasteiger partial charge in [-0.3, -0.25) is 4.79 Å². The summed E-state index contributed by atoms with van der Waals surface area (Å²) in [6, 6.07) is 15.3. The summed E-state index contributed by atoms with van der Waals surface area (Å²) in [4.78, 5) is 27.1. The highest BCUT2D eigenvalue weighted by atomic mass is 16.5. The molecular formula is C25H30N4O3. The van der Waals surface area contributed by atoms with Crippen LogP contribution in [0.2, 0.25) is 0 Å². The first-order valence-corrected chi connectivity index (χ1v) is 11.0. The lowest BCUT2D eigenvalue weighted by molar-refractivity contribution is -0.133. The van der Waals surface area contributed by atoms with Crippen LogP contribution in [0.15, 0.2) is 54.7 Å². The van der Waals surface area contributed by atoms with E-state index in [1.54, 1.807) is 7.11 Å². The zero-order chi connectivity index (χ0) is 22.5. The molecule has 168 valence electrons. The van der Waals surface area contributed by atoms with Crippen molar-refractivity contribution in [2.75, 3.05) is 32.1 Å². The molecule has 2 aromatic carbocycles. The van der Waals surface area contributed by atoms with Crippen molar-refractivity contribution in [2.24, 2.45) is 5.92 Å². The molecule has 3 aromatic rings. The van der Waals surface area contributed by atoms with Crippen molar-refractivity contribution < 1.29 is 14.3 Å². The molecule has 1 fully saturated rings. The molecule has 4 rings (SSSR count). The molecule has 1 saturated heterocycles. The van der Waals surface area contributed by atoms with Crippen LogP contribution in [0, 0.1) is 12.8 Å². The molecule has 1 atom stereocenters. The number of piperidine rings is 1. The molecule has 2 N–H and O–H groups in total. The van der Waals surface area contributed by atoms with Gasteiger partial charge in [0.25, 0.3) is 0 Å². The predicted octanol–water partition coefficient (Wildman–Crippen LogP) is 4.02. The number of nitrogens with zero attached hydrogens (tertiary/aromatic N) is 2. The highest BCUT2D eigenvalue weighted by molar-refractivity contribution is 5.89. The number of nitrogens with one attached hydrogen (secondary N) is 2. The van der Waals surface area contributed by atoms with Crippen molar-refractivity contribution in [3.05, 3.63) is 60.3 Å². The lowest BCUT2D eigenvalue weighted by Gasteiger charge is -2.33. The van der Waals surface area contributed by atoms with Crippen molar-refractivity contribution in [3.8, 4) is 5.75 Å². The number of aryl methyl sites for hydroxylation is 1. The largest absolute Gasteiger partial charge is 0.497 e. The number of aromatic nitrogens is 1. The SMILES string of the molecule is COc1ccc2c(ccn2CC(=O)N2CCCC(CNC(=O)Nc3ccc(C)cc3)C2)c1. The molecule has 1 unspecified atom stereocenters.